The second-order valence-electron chi connectivity index (χ2n) is 4.29. The van der Waals surface area contributed by atoms with E-state index in [1.54, 1.807) is 12.1 Å². The van der Waals surface area contributed by atoms with Crippen molar-refractivity contribution in [1.29, 1.82) is 0 Å². The van der Waals surface area contributed by atoms with Gasteiger partial charge < -0.3 is 9.26 Å². The van der Waals surface area contributed by atoms with E-state index in [2.05, 4.69) is 24.0 Å². The molecule has 1 rings (SSSR count). The Morgan fingerprint density at radius 2 is 1.65 bits per heavy atom. The molecule has 0 bridgehead atoms. The minimum atomic E-state index is -2.80. The SMILES string of the molecule is CCOP(=S)(OCC)Oc1ccc(OCC(C)C)nn1. The Hall–Kier alpha value is -0.750. The van der Waals surface area contributed by atoms with Crippen molar-refractivity contribution in [2.45, 2.75) is 27.7 Å². The molecule has 0 aliphatic heterocycles. The van der Waals surface area contributed by atoms with Crippen LogP contribution in [0.25, 0.3) is 0 Å². The molecule has 6 nitrogen and oxygen atoms in total. The summed E-state index contributed by atoms with van der Waals surface area (Å²) in [6, 6.07) is 3.32. The lowest BCUT2D eigenvalue weighted by atomic mass is 10.2. The Bertz CT molecular complexity index is 432. The van der Waals surface area contributed by atoms with Gasteiger partial charge in [0.25, 0.3) is 0 Å². The first-order valence-electron chi connectivity index (χ1n) is 6.54. The normalized spacial score (nSPS) is 11.7. The molecule has 0 saturated heterocycles. The molecule has 8 heteroatoms. The van der Waals surface area contributed by atoms with E-state index >= 15 is 0 Å². The quantitative estimate of drug-likeness (QED) is 0.647. The summed E-state index contributed by atoms with van der Waals surface area (Å²) in [6.07, 6.45) is 0. The average molecular weight is 320 g/mol. The maximum Gasteiger partial charge on any atom is 0.381 e. The lowest BCUT2D eigenvalue weighted by Gasteiger charge is -2.19. The smallest absolute Gasteiger partial charge is 0.381 e. The van der Waals surface area contributed by atoms with E-state index in [1.165, 1.54) is 0 Å². The number of ether oxygens (including phenoxy) is 1. The van der Waals surface area contributed by atoms with Crippen molar-refractivity contribution < 1.29 is 18.3 Å². The van der Waals surface area contributed by atoms with Gasteiger partial charge in [-0.3, -0.25) is 9.05 Å². The van der Waals surface area contributed by atoms with Gasteiger partial charge in [0.05, 0.1) is 19.8 Å². The van der Waals surface area contributed by atoms with Gasteiger partial charge in [-0.2, -0.15) is 0 Å². The highest BCUT2D eigenvalue weighted by Gasteiger charge is 2.22. The lowest BCUT2D eigenvalue weighted by Crippen LogP contribution is -2.07. The largest absolute Gasteiger partial charge is 0.476 e. The van der Waals surface area contributed by atoms with Crippen molar-refractivity contribution in [3.8, 4) is 11.8 Å². The monoisotopic (exact) mass is 320 g/mol. The average Bonchev–Trinajstić information content (AvgIpc) is 2.38. The van der Waals surface area contributed by atoms with Crippen molar-refractivity contribution in [3.05, 3.63) is 12.1 Å². The molecule has 0 atom stereocenters. The van der Waals surface area contributed by atoms with Crippen LogP contribution in [-0.2, 0) is 20.9 Å². The van der Waals surface area contributed by atoms with Gasteiger partial charge in [0.1, 0.15) is 0 Å². The van der Waals surface area contributed by atoms with Crippen molar-refractivity contribution in [1.82, 2.24) is 10.2 Å². The van der Waals surface area contributed by atoms with Crippen LogP contribution in [0.1, 0.15) is 27.7 Å². The van der Waals surface area contributed by atoms with Gasteiger partial charge in [0, 0.05) is 23.9 Å². The van der Waals surface area contributed by atoms with E-state index in [1.807, 2.05) is 13.8 Å². The Labute approximate surface area is 125 Å². The predicted octanol–water partition coefficient (Wildman–Crippen LogP) is 3.19. The zero-order valence-corrected chi connectivity index (χ0v) is 13.9. The van der Waals surface area contributed by atoms with Gasteiger partial charge in [0.2, 0.25) is 11.8 Å². The molecule has 0 radical (unpaired) electrons. The Balaban J connectivity index is 2.65. The van der Waals surface area contributed by atoms with Crippen LogP contribution in [0.15, 0.2) is 12.1 Å². The van der Waals surface area contributed by atoms with Crippen molar-refractivity contribution in [2.24, 2.45) is 5.92 Å². The first-order chi connectivity index (χ1) is 9.49. The maximum absolute atomic E-state index is 5.52. The standard InChI is InChI=1S/C12H21N2O4PS/c1-5-16-19(20,17-6-2)18-12-8-7-11(13-14-12)15-9-10(3)4/h7-8,10H,5-6,9H2,1-4H3. The van der Waals surface area contributed by atoms with E-state index in [-0.39, 0.29) is 5.88 Å². The van der Waals surface area contributed by atoms with Gasteiger partial charge in [0.15, 0.2) is 0 Å². The molecule has 0 amide bonds. The molecule has 0 aliphatic rings. The third-order valence-corrected chi connectivity index (χ3v) is 4.38. The molecule has 0 spiro atoms. The first kappa shape index (κ1) is 17.3. The molecule has 0 aromatic carbocycles. The van der Waals surface area contributed by atoms with Gasteiger partial charge >= 0.3 is 6.72 Å². The summed E-state index contributed by atoms with van der Waals surface area (Å²) >= 11 is 5.25. The Kier molecular flexibility index (Phi) is 7.37. The van der Waals surface area contributed by atoms with Crippen LogP contribution in [0.3, 0.4) is 0 Å². The van der Waals surface area contributed by atoms with Crippen LogP contribution >= 0.6 is 6.72 Å². The summed E-state index contributed by atoms with van der Waals surface area (Å²) in [5.41, 5.74) is 0. The maximum atomic E-state index is 5.52. The van der Waals surface area contributed by atoms with Crippen LogP contribution < -0.4 is 9.26 Å². The molecule has 1 aromatic heterocycles. The molecule has 1 heterocycles. The summed E-state index contributed by atoms with van der Waals surface area (Å²) in [5, 5.41) is 7.83. The molecule has 114 valence electrons. The molecule has 0 N–H and O–H groups in total. The summed E-state index contributed by atoms with van der Waals surface area (Å²) in [6.45, 7) is 6.41. The first-order valence-corrected chi connectivity index (χ1v) is 9.10. The zero-order valence-electron chi connectivity index (χ0n) is 12.2. The van der Waals surface area contributed by atoms with Crippen molar-refractivity contribution in [3.63, 3.8) is 0 Å². The molecule has 0 fully saturated rings. The summed E-state index contributed by atoms with van der Waals surface area (Å²) < 4.78 is 21.7. The second kappa shape index (κ2) is 8.52. The molecule has 0 aliphatic carbocycles. The van der Waals surface area contributed by atoms with Gasteiger partial charge in [-0.15, -0.1) is 10.2 Å². The fourth-order valence-electron chi connectivity index (χ4n) is 1.21. The highest BCUT2D eigenvalue weighted by atomic mass is 32.5. The lowest BCUT2D eigenvalue weighted by molar-refractivity contribution is 0.214. The van der Waals surface area contributed by atoms with Gasteiger partial charge in [-0.25, -0.2) is 0 Å². The molecular weight excluding hydrogens is 299 g/mol. The van der Waals surface area contributed by atoms with E-state index in [0.29, 0.717) is 31.6 Å². The molecular formula is C12H21N2O4PS. The third-order valence-electron chi connectivity index (χ3n) is 1.96. The highest BCUT2D eigenvalue weighted by molar-refractivity contribution is 8.07. The number of hydrogen-bond acceptors (Lipinski definition) is 7. The van der Waals surface area contributed by atoms with Crippen molar-refractivity contribution in [2.75, 3.05) is 19.8 Å². The summed E-state index contributed by atoms with van der Waals surface area (Å²) in [5.74, 6) is 1.15. The molecule has 0 saturated carbocycles. The third kappa shape index (κ3) is 6.13. The van der Waals surface area contributed by atoms with E-state index < -0.39 is 6.72 Å². The minimum Gasteiger partial charge on any atom is -0.476 e. The molecule has 20 heavy (non-hydrogen) atoms. The van der Waals surface area contributed by atoms with Crippen LogP contribution in [0.2, 0.25) is 0 Å². The molecule has 0 unspecified atom stereocenters. The number of nitrogens with zero attached hydrogens (tertiary/aromatic N) is 2. The van der Waals surface area contributed by atoms with E-state index in [4.69, 9.17) is 30.1 Å². The van der Waals surface area contributed by atoms with Crippen LogP contribution in [0.4, 0.5) is 0 Å². The van der Waals surface area contributed by atoms with Gasteiger partial charge in [-0.05, 0) is 19.8 Å². The number of hydrogen-bond donors (Lipinski definition) is 0. The van der Waals surface area contributed by atoms with Crippen LogP contribution in [-0.4, -0.2) is 30.0 Å². The van der Waals surface area contributed by atoms with Crippen LogP contribution in [0.5, 0.6) is 11.8 Å². The topological polar surface area (TPSA) is 62.7 Å². The number of rotatable bonds is 9. The highest BCUT2D eigenvalue weighted by Crippen LogP contribution is 2.49. The Morgan fingerprint density at radius 3 is 2.10 bits per heavy atom. The van der Waals surface area contributed by atoms with Crippen LogP contribution in [0, 0.1) is 5.92 Å². The van der Waals surface area contributed by atoms with Gasteiger partial charge in [-0.1, -0.05) is 13.8 Å². The number of aromatic nitrogens is 2. The minimum absolute atomic E-state index is 0.270. The predicted molar refractivity (Wildman–Crippen MR) is 80.5 cm³/mol. The summed E-state index contributed by atoms with van der Waals surface area (Å²) in [7, 11) is 0. The molecule has 1 aromatic rings. The fourth-order valence-corrected chi connectivity index (χ4v) is 3.21. The fraction of sp³-hybridized carbons (Fsp3) is 0.667. The van der Waals surface area contributed by atoms with E-state index in [0.717, 1.165) is 0 Å². The second-order valence-corrected chi connectivity index (χ2v) is 7.22. The van der Waals surface area contributed by atoms with Crippen molar-refractivity contribution >= 4 is 18.5 Å². The Morgan fingerprint density at radius 1 is 1.10 bits per heavy atom. The summed E-state index contributed by atoms with van der Waals surface area (Å²) in [4.78, 5) is 0. The zero-order chi connectivity index (χ0) is 15.0. The van der Waals surface area contributed by atoms with E-state index in [9.17, 15) is 0 Å².